The van der Waals surface area contributed by atoms with Crippen LogP contribution < -0.4 is 15.8 Å². The summed E-state index contributed by atoms with van der Waals surface area (Å²) >= 11 is 5.93. The van der Waals surface area contributed by atoms with Gasteiger partial charge in [-0.05, 0) is 48.7 Å². The van der Waals surface area contributed by atoms with Gasteiger partial charge in [0, 0.05) is 0 Å². The van der Waals surface area contributed by atoms with E-state index in [1.807, 2.05) is 19.1 Å². The van der Waals surface area contributed by atoms with Crippen LogP contribution in [-0.4, -0.2) is 36.2 Å². The van der Waals surface area contributed by atoms with Crippen molar-refractivity contribution >= 4 is 46.9 Å². The average molecular weight is 496 g/mol. The van der Waals surface area contributed by atoms with Gasteiger partial charge in [0.2, 0.25) is 11.8 Å². The van der Waals surface area contributed by atoms with Crippen LogP contribution in [0.25, 0.3) is 0 Å². The molecule has 2 aromatic rings. The maximum absolute atomic E-state index is 12.9. The lowest BCUT2D eigenvalue weighted by atomic mass is 9.78. The van der Waals surface area contributed by atoms with E-state index in [1.165, 1.54) is 41.3 Å². The molecule has 9 nitrogen and oxygen atoms in total. The molecule has 3 atom stereocenters. The summed E-state index contributed by atoms with van der Waals surface area (Å²) in [5, 5.41) is 0.219. The van der Waals surface area contributed by atoms with Crippen molar-refractivity contribution < 1.29 is 28.7 Å². The number of nitrogens with zero attached hydrogens (tertiary/aromatic N) is 1. The molecule has 4 amide bonds. The predicted octanol–water partition coefficient (Wildman–Crippen LogP) is 2.66. The Labute approximate surface area is 206 Å². The summed E-state index contributed by atoms with van der Waals surface area (Å²) in [4.78, 5) is 63.1. The van der Waals surface area contributed by atoms with Crippen LogP contribution in [0.3, 0.4) is 0 Å². The molecule has 2 aliphatic rings. The van der Waals surface area contributed by atoms with Crippen LogP contribution in [0.4, 0.5) is 5.69 Å². The van der Waals surface area contributed by atoms with Gasteiger partial charge in [0.25, 0.3) is 11.8 Å². The number of allylic oxidation sites excluding steroid dienone is 2. The van der Waals surface area contributed by atoms with Crippen LogP contribution in [0.5, 0.6) is 0 Å². The van der Waals surface area contributed by atoms with Crippen LogP contribution >= 0.6 is 11.6 Å². The van der Waals surface area contributed by atoms with Crippen LogP contribution in [0, 0.1) is 17.8 Å². The lowest BCUT2D eigenvalue weighted by molar-refractivity contribution is -0.125. The summed E-state index contributed by atoms with van der Waals surface area (Å²) in [6.45, 7) is 1.28. The van der Waals surface area contributed by atoms with Gasteiger partial charge < -0.3 is 4.74 Å². The van der Waals surface area contributed by atoms with Crippen LogP contribution in [-0.2, 0) is 19.1 Å². The van der Waals surface area contributed by atoms with Crippen LogP contribution in [0.1, 0.15) is 34.1 Å². The highest BCUT2D eigenvalue weighted by molar-refractivity contribution is 6.33. The molecule has 0 bridgehead atoms. The van der Waals surface area contributed by atoms with Gasteiger partial charge in [-0.2, -0.15) is 0 Å². The van der Waals surface area contributed by atoms with Gasteiger partial charge in [-0.25, -0.2) is 4.79 Å². The number of carbonyl (C=O) groups is 5. The molecule has 4 rings (SSSR count). The van der Waals surface area contributed by atoms with Crippen molar-refractivity contribution in [2.45, 2.75) is 13.3 Å². The molecule has 0 unspecified atom stereocenters. The second kappa shape index (κ2) is 10.1. The predicted molar refractivity (Wildman–Crippen MR) is 126 cm³/mol. The third-order valence-electron chi connectivity index (χ3n) is 6.00. The van der Waals surface area contributed by atoms with Crippen molar-refractivity contribution in [2.75, 3.05) is 11.5 Å². The van der Waals surface area contributed by atoms with Gasteiger partial charge >= 0.3 is 5.97 Å². The van der Waals surface area contributed by atoms with Gasteiger partial charge in [-0.3, -0.25) is 34.9 Å². The maximum atomic E-state index is 12.9. The molecule has 1 saturated heterocycles. The monoisotopic (exact) mass is 495 g/mol. The normalized spacial score (nSPS) is 20.9. The van der Waals surface area contributed by atoms with E-state index >= 15 is 0 Å². The SMILES string of the molecule is C[C@@H]1C=CC[C@H]2C(=O)N(c3ccc(C(=O)OCC(=O)NNC(=O)c4ccccc4Cl)cc3)C(=O)[C@@H]12. The summed E-state index contributed by atoms with van der Waals surface area (Å²) in [5.74, 6) is -3.43. The fraction of sp³-hybridized carbons (Fsp3) is 0.240. The minimum atomic E-state index is -0.783. The molecule has 10 heteroatoms. The number of hydrazine groups is 1. The van der Waals surface area contributed by atoms with Crippen molar-refractivity contribution in [2.24, 2.45) is 17.8 Å². The Morgan fingerprint density at radius 1 is 1.03 bits per heavy atom. The number of fused-ring (bicyclic) bond motifs is 1. The summed E-state index contributed by atoms with van der Waals surface area (Å²) in [7, 11) is 0. The van der Waals surface area contributed by atoms with Gasteiger partial charge in [0.1, 0.15) is 0 Å². The Balaban J connectivity index is 1.30. The quantitative estimate of drug-likeness (QED) is 0.284. The van der Waals surface area contributed by atoms with Crippen molar-refractivity contribution in [3.8, 4) is 0 Å². The second-order valence-electron chi connectivity index (χ2n) is 8.27. The Hall–Kier alpha value is -3.98. The molecule has 2 N–H and O–H groups in total. The van der Waals surface area contributed by atoms with Crippen molar-refractivity contribution in [3.05, 3.63) is 76.8 Å². The van der Waals surface area contributed by atoms with E-state index in [9.17, 15) is 24.0 Å². The minimum Gasteiger partial charge on any atom is -0.452 e. The standard InChI is InChI=1S/C25H22ClN3O6/c1-14-5-4-7-18-21(14)24(33)29(23(18)32)16-11-9-15(10-12-16)25(34)35-13-20(30)27-28-22(31)17-6-2-3-8-19(17)26/h2-6,8-12,14,18,21H,7,13H2,1H3,(H,27,30)(H,28,31)/t14-,18-,21+/m1/s1. The number of hydrogen-bond donors (Lipinski definition) is 2. The molecule has 180 valence electrons. The number of imide groups is 1. The molecule has 35 heavy (non-hydrogen) atoms. The van der Waals surface area contributed by atoms with Gasteiger partial charge in [-0.1, -0.05) is 42.8 Å². The molecule has 1 heterocycles. The molecule has 1 aliphatic heterocycles. The van der Waals surface area contributed by atoms with Crippen molar-refractivity contribution in [1.82, 2.24) is 10.9 Å². The highest BCUT2D eigenvalue weighted by atomic mass is 35.5. The maximum Gasteiger partial charge on any atom is 0.338 e. The van der Waals surface area contributed by atoms with E-state index < -0.39 is 24.4 Å². The topological polar surface area (TPSA) is 122 Å². The van der Waals surface area contributed by atoms with Crippen LogP contribution in [0.2, 0.25) is 5.02 Å². The number of carbonyl (C=O) groups excluding carboxylic acids is 5. The second-order valence-corrected chi connectivity index (χ2v) is 8.68. The number of anilines is 1. The molecule has 0 saturated carbocycles. The number of ether oxygens (including phenoxy) is 1. The summed E-state index contributed by atoms with van der Waals surface area (Å²) in [6.07, 6.45) is 4.41. The van der Waals surface area contributed by atoms with Gasteiger partial charge in [0.05, 0.1) is 33.7 Å². The van der Waals surface area contributed by atoms with E-state index in [1.54, 1.807) is 12.1 Å². The smallest absolute Gasteiger partial charge is 0.338 e. The molecule has 1 aliphatic carbocycles. The molecule has 0 spiro atoms. The Morgan fingerprint density at radius 2 is 1.74 bits per heavy atom. The Kier molecular flexibility index (Phi) is 6.97. The van der Waals surface area contributed by atoms with E-state index in [4.69, 9.17) is 16.3 Å². The van der Waals surface area contributed by atoms with Crippen LogP contribution in [0.15, 0.2) is 60.7 Å². The Bertz CT molecular complexity index is 1230. The molecular formula is C25H22ClN3O6. The zero-order chi connectivity index (χ0) is 25.1. The fourth-order valence-corrected chi connectivity index (χ4v) is 4.46. The zero-order valence-corrected chi connectivity index (χ0v) is 19.5. The third-order valence-corrected chi connectivity index (χ3v) is 6.33. The highest BCUT2D eigenvalue weighted by Crippen LogP contribution is 2.40. The first-order chi connectivity index (χ1) is 16.8. The minimum absolute atomic E-state index is 0.0231. The largest absolute Gasteiger partial charge is 0.452 e. The molecule has 0 radical (unpaired) electrons. The molecule has 2 aromatic carbocycles. The van der Waals surface area contributed by atoms with E-state index in [0.717, 1.165) is 0 Å². The number of esters is 1. The first-order valence-corrected chi connectivity index (χ1v) is 11.3. The van der Waals surface area contributed by atoms with Crippen molar-refractivity contribution in [1.29, 1.82) is 0 Å². The van der Waals surface area contributed by atoms with E-state index in [2.05, 4.69) is 10.9 Å². The lowest BCUT2D eigenvalue weighted by Crippen LogP contribution is -2.43. The molecule has 0 aromatic heterocycles. The van der Waals surface area contributed by atoms with Crippen molar-refractivity contribution in [3.63, 3.8) is 0 Å². The first kappa shape index (κ1) is 24.2. The lowest BCUT2D eigenvalue weighted by Gasteiger charge is -2.22. The number of nitrogens with one attached hydrogen (secondary N) is 2. The Morgan fingerprint density at radius 3 is 2.43 bits per heavy atom. The summed E-state index contributed by atoms with van der Waals surface area (Å²) in [5.41, 5.74) is 5.00. The fourth-order valence-electron chi connectivity index (χ4n) is 4.24. The van der Waals surface area contributed by atoms with E-state index in [0.29, 0.717) is 12.1 Å². The number of rotatable bonds is 5. The van der Waals surface area contributed by atoms with E-state index in [-0.39, 0.29) is 45.7 Å². The molecular weight excluding hydrogens is 474 g/mol. The summed E-state index contributed by atoms with van der Waals surface area (Å²) < 4.78 is 4.97. The zero-order valence-electron chi connectivity index (χ0n) is 18.7. The number of hydrogen-bond acceptors (Lipinski definition) is 6. The number of halogens is 1. The summed E-state index contributed by atoms with van der Waals surface area (Å²) in [6, 6.07) is 12.1. The first-order valence-electron chi connectivity index (χ1n) is 10.9. The van der Waals surface area contributed by atoms with Gasteiger partial charge in [0.15, 0.2) is 6.61 Å². The van der Waals surface area contributed by atoms with Gasteiger partial charge in [-0.15, -0.1) is 0 Å². The third kappa shape index (κ3) is 4.95. The average Bonchev–Trinajstić information content (AvgIpc) is 3.12. The highest BCUT2D eigenvalue weighted by Gasteiger charge is 2.50. The number of benzene rings is 2. The number of amides is 4. The molecule has 1 fully saturated rings.